The molecule has 1 aromatic carbocycles. The van der Waals surface area contributed by atoms with Crippen molar-refractivity contribution in [2.45, 2.75) is 6.42 Å². The molecule has 0 aliphatic rings. The third-order valence-electron chi connectivity index (χ3n) is 2.76. The molecule has 0 saturated heterocycles. The van der Waals surface area contributed by atoms with Crippen LogP contribution in [0, 0.1) is 11.3 Å². The molecule has 0 unspecified atom stereocenters. The van der Waals surface area contributed by atoms with Crippen molar-refractivity contribution in [1.82, 2.24) is 5.43 Å². The third kappa shape index (κ3) is 4.45. The third-order valence-corrected chi connectivity index (χ3v) is 2.76. The second kappa shape index (κ2) is 8.14. The number of nitriles is 1. The maximum Gasteiger partial charge on any atom is 0.379 e. The van der Waals surface area contributed by atoms with E-state index in [2.05, 4.69) is 10.5 Å². The number of hydrazone groups is 1. The first-order chi connectivity index (χ1) is 11.6. The number of nitrogens with zero attached hydrogens (tertiary/aromatic N) is 2. The van der Waals surface area contributed by atoms with Crippen molar-refractivity contribution in [3.8, 4) is 17.6 Å². The van der Waals surface area contributed by atoms with Crippen LogP contribution in [0.1, 0.15) is 22.5 Å². The molecule has 0 aliphatic heterocycles. The molecule has 2 aromatic rings. The number of furan rings is 1. The van der Waals surface area contributed by atoms with Crippen LogP contribution in [0.5, 0.6) is 11.5 Å². The quantitative estimate of drug-likeness (QED) is 0.375. The molecule has 0 fully saturated rings. The van der Waals surface area contributed by atoms with Crippen LogP contribution in [0.25, 0.3) is 0 Å². The summed E-state index contributed by atoms with van der Waals surface area (Å²) in [6.45, 7) is 0. The van der Waals surface area contributed by atoms with Gasteiger partial charge in [0.1, 0.15) is 6.42 Å². The van der Waals surface area contributed by atoms with E-state index < -0.39 is 11.9 Å². The van der Waals surface area contributed by atoms with Crippen molar-refractivity contribution < 1.29 is 23.5 Å². The van der Waals surface area contributed by atoms with E-state index in [1.165, 1.54) is 31.7 Å². The van der Waals surface area contributed by atoms with Crippen molar-refractivity contribution in [3.63, 3.8) is 0 Å². The summed E-state index contributed by atoms with van der Waals surface area (Å²) in [6.07, 6.45) is 2.46. The van der Waals surface area contributed by atoms with Gasteiger partial charge in [0.2, 0.25) is 5.76 Å². The Hall–Kier alpha value is -3.60. The van der Waals surface area contributed by atoms with E-state index in [4.69, 9.17) is 19.2 Å². The number of hydrogen-bond donors (Lipinski definition) is 1. The SMILES string of the molecule is COc1cc(/C=N/NC(=O)CC#N)ccc1OC(=O)c1ccco1. The smallest absolute Gasteiger partial charge is 0.379 e. The van der Waals surface area contributed by atoms with E-state index in [0.717, 1.165) is 0 Å². The fourth-order valence-corrected chi connectivity index (χ4v) is 1.68. The van der Waals surface area contributed by atoms with Gasteiger partial charge in [-0.25, -0.2) is 10.2 Å². The molecule has 0 bridgehead atoms. The van der Waals surface area contributed by atoms with E-state index in [1.807, 2.05) is 0 Å². The van der Waals surface area contributed by atoms with Crippen LogP contribution in [-0.2, 0) is 4.79 Å². The molecule has 24 heavy (non-hydrogen) atoms. The van der Waals surface area contributed by atoms with Gasteiger partial charge < -0.3 is 13.9 Å². The first-order valence-electron chi connectivity index (χ1n) is 6.76. The fraction of sp³-hybridized carbons (Fsp3) is 0.125. The molecule has 0 atom stereocenters. The minimum Gasteiger partial charge on any atom is -0.493 e. The first kappa shape index (κ1) is 16.8. The maximum atomic E-state index is 11.9. The highest BCUT2D eigenvalue weighted by Crippen LogP contribution is 2.28. The summed E-state index contributed by atoms with van der Waals surface area (Å²) in [5.74, 6) is -0.567. The number of methoxy groups -OCH3 is 1. The molecular weight excluding hydrogens is 314 g/mol. The van der Waals surface area contributed by atoms with Gasteiger partial charge in [-0.1, -0.05) is 0 Å². The Morgan fingerprint density at radius 3 is 2.88 bits per heavy atom. The Labute approximate surface area is 137 Å². The number of benzene rings is 1. The molecule has 1 amide bonds. The van der Waals surface area contributed by atoms with Gasteiger partial charge >= 0.3 is 5.97 Å². The highest BCUT2D eigenvalue weighted by Gasteiger charge is 2.14. The van der Waals surface area contributed by atoms with Crippen molar-refractivity contribution in [2.75, 3.05) is 7.11 Å². The second-order valence-corrected chi connectivity index (χ2v) is 4.41. The summed E-state index contributed by atoms with van der Waals surface area (Å²) in [4.78, 5) is 23.0. The van der Waals surface area contributed by atoms with Gasteiger partial charge in [-0.2, -0.15) is 10.4 Å². The lowest BCUT2D eigenvalue weighted by molar-refractivity contribution is -0.120. The van der Waals surface area contributed by atoms with Crippen LogP contribution in [0.2, 0.25) is 0 Å². The normalized spacial score (nSPS) is 10.2. The van der Waals surface area contributed by atoms with Crippen LogP contribution < -0.4 is 14.9 Å². The Kier molecular flexibility index (Phi) is 5.69. The lowest BCUT2D eigenvalue weighted by Crippen LogP contribution is -2.16. The van der Waals surface area contributed by atoms with Crippen molar-refractivity contribution in [1.29, 1.82) is 5.26 Å². The topological polar surface area (TPSA) is 114 Å². The van der Waals surface area contributed by atoms with Crippen molar-refractivity contribution >= 4 is 18.1 Å². The van der Waals surface area contributed by atoms with E-state index in [-0.39, 0.29) is 17.9 Å². The zero-order chi connectivity index (χ0) is 17.4. The molecule has 1 heterocycles. The predicted molar refractivity (Wildman–Crippen MR) is 82.6 cm³/mol. The monoisotopic (exact) mass is 327 g/mol. The summed E-state index contributed by atoms with van der Waals surface area (Å²) in [7, 11) is 1.43. The Balaban J connectivity index is 2.07. The molecule has 8 nitrogen and oxygen atoms in total. The second-order valence-electron chi connectivity index (χ2n) is 4.41. The number of hydrogen-bond acceptors (Lipinski definition) is 7. The summed E-state index contributed by atoms with van der Waals surface area (Å²) >= 11 is 0. The number of nitrogens with one attached hydrogen (secondary N) is 1. The molecule has 0 saturated carbocycles. The lowest BCUT2D eigenvalue weighted by atomic mass is 10.2. The predicted octanol–water partition coefficient (Wildman–Crippen LogP) is 1.87. The minimum absolute atomic E-state index is 0.0721. The van der Waals surface area contributed by atoms with Gasteiger partial charge in [0.15, 0.2) is 11.5 Å². The van der Waals surface area contributed by atoms with Gasteiger partial charge in [0, 0.05) is 0 Å². The fourth-order valence-electron chi connectivity index (χ4n) is 1.68. The van der Waals surface area contributed by atoms with Crippen molar-refractivity contribution in [3.05, 3.63) is 47.9 Å². The minimum atomic E-state index is -0.650. The molecule has 2 rings (SSSR count). The van der Waals surface area contributed by atoms with Crippen molar-refractivity contribution in [2.24, 2.45) is 5.10 Å². The molecule has 0 aliphatic carbocycles. The summed E-state index contributed by atoms with van der Waals surface area (Å²) in [5.41, 5.74) is 2.80. The lowest BCUT2D eigenvalue weighted by Gasteiger charge is -2.08. The summed E-state index contributed by atoms with van der Waals surface area (Å²) in [6, 6.07) is 9.49. The standard InChI is InChI=1S/C16H13N3O5/c1-22-14-9-11(10-18-19-15(20)6-7-17)4-5-12(14)24-16(21)13-3-2-8-23-13/h2-5,8-10H,6H2,1H3,(H,19,20)/b18-10+. The molecular formula is C16H13N3O5. The summed E-state index contributed by atoms with van der Waals surface area (Å²) in [5, 5.41) is 12.1. The van der Waals surface area contributed by atoms with E-state index in [0.29, 0.717) is 11.3 Å². The summed E-state index contributed by atoms with van der Waals surface area (Å²) < 4.78 is 15.3. The van der Waals surface area contributed by atoms with Crippen LogP contribution >= 0.6 is 0 Å². The number of ether oxygens (including phenoxy) is 2. The van der Waals surface area contributed by atoms with E-state index >= 15 is 0 Å². The first-order valence-corrected chi connectivity index (χ1v) is 6.76. The number of carbonyl (C=O) groups is 2. The van der Waals surface area contributed by atoms with Crippen LogP contribution in [0.3, 0.4) is 0 Å². The van der Waals surface area contributed by atoms with Gasteiger partial charge in [0.05, 0.1) is 25.7 Å². The molecule has 1 aromatic heterocycles. The van der Waals surface area contributed by atoms with Gasteiger partial charge in [-0.05, 0) is 35.9 Å². The maximum absolute atomic E-state index is 11.9. The molecule has 1 N–H and O–H groups in total. The highest BCUT2D eigenvalue weighted by atomic mass is 16.6. The molecule has 0 radical (unpaired) electrons. The van der Waals surface area contributed by atoms with Gasteiger partial charge in [0.25, 0.3) is 5.91 Å². The highest BCUT2D eigenvalue weighted by molar-refractivity contribution is 5.89. The Bertz CT molecular complexity index is 791. The van der Waals surface area contributed by atoms with Gasteiger partial charge in [-0.15, -0.1) is 0 Å². The van der Waals surface area contributed by atoms with E-state index in [1.54, 1.807) is 24.3 Å². The molecule has 122 valence electrons. The average molecular weight is 327 g/mol. The molecule has 8 heteroatoms. The number of rotatable bonds is 6. The van der Waals surface area contributed by atoms with Gasteiger partial charge in [-0.3, -0.25) is 4.79 Å². The van der Waals surface area contributed by atoms with Crippen LogP contribution in [0.15, 0.2) is 46.1 Å². The zero-order valence-corrected chi connectivity index (χ0v) is 12.7. The molecule has 0 spiro atoms. The average Bonchev–Trinajstić information content (AvgIpc) is 3.11. The number of carbonyl (C=O) groups excluding carboxylic acids is 2. The Morgan fingerprint density at radius 2 is 2.21 bits per heavy atom. The number of amides is 1. The Morgan fingerprint density at radius 1 is 1.38 bits per heavy atom. The van der Waals surface area contributed by atoms with E-state index in [9.17, 15) is 9.59 Å². The largest absolute Gasteiger partial charge is 0.493 e. The number of esters is 1. The van der Waals surface area contributed by atoms with Crippen LogP contribution in [0.4, 0.5) is 0 Å². The van der Waals surface area contributed by atoms with Crippen LogP contribution in [-0.4, -0.2) is 25.2 Å². The zero-order valence-electron chi connectivity index (χ0n) is 12.7.